The zero-order chi connectivity index (χ0) is 17.8. The van der Waals surface area contributed by atoms with Gasteiger partial charge >= 0.3 is 0 Å². The van der Waals surface area contributed by atoms with E-state index in [0.717, 1.165) is 17.4 Å². The molecule has 2 aliphatic rings. The van der Waals surface area contributed by atoms with E-state index in [-0.39, 0.29) is 5.91 Å². The Morgan fingerprint density at radius 2 is 2.08 bits per heavy atom. The van der Waals surface area contributed by atoms with Gasteiger partial charge in [-0.2, -0.15) is 0 Å². The summed E-state index contributed by atoms with van der Waals surface area (Å²) >= 11 is 1.36. The third-order valence-electron chi connectivity index (χ3n) is 4.31. The van der Waals surface area contributed by atoms with Gasteiger partial charge in [0.25, 0.3) is 5.91 Å². The van der Waals surface area contributed by atoms with Crippen LogP contribution in [0.4, 0.5) is 10.1 Å². The summed E-state index contributed by atoms with van der Waals surface area (Å²) in [5, 5.41) is 4.57. The molecular formula is C19H14FNO3S. The van der Waals surface area contributed by atoms with Crippen molar-refractivity contribution < 1.29 is 18.7 Å². The van der Waals surface area contributed by atoms with Crippen LogP contribution in [0.25, 0.3) is 11.1 Å². The van der Waals surface area contributed by atoms with Crippen LogP contribution in [0.15, 0.2) is 41.5 Å². The molecule has 6 heteroatoms. The first-order valence-electron chi connectivity index (χ1n) is 7.70. The molecule has 25 heavy (non-hydrogen) atoms. The highest BCUT2D eigenvalue weighted by Crippen LogP contribution is 2.45. The third-order valence-corrected chi connectivity index (χ3v) is 5.17. The van der Waals surface area contributed by atoms with Crippen molar-refractivity contribution in [2.75, 3.05) is 5.32 Å². The third kappa shape index (κ3) is 2.49. The largest absolute Gasteiger partial charge is 0.482 e. The van der Waals surface area contributed by atoms with E-state index in [1.165, 1.54) is 23.5 Å². The Labute approximate surface area is 147 Å². The molecule has 3 heterocycles. The minimum Gasteiger partial charge on any atom is -0.482 e. The standard InChI is InChI=1S/C19H14FNO3S/c1-19(2)14(10-5-12(8-22)25-9-10)7-16(24-19)17-13-4-3-11(20)6-15(13)21-18(17)23/h3-9H,1-2H3,(H,21,23). The van der Waals surface area contributed by atoms with E-state index in [0.29, 0.717) is 27.5 Å². The lowest BCUT2D eigenvalue weighted by Crippen LogP contribution is -2.21. The fourth-order valence-electron chi connectivity index (χ4n) is 3.16. The first kappa shape index (κ1) is 15.8. The Morgan fingerprint density at radius 1 is 1.28 bits per heavy atom. The van der Waals surface area contributed by atoms with E-state index in [9.17, 15) is 14.0 Å². The summed E-state index contributed by atoms with van der Waals surface area (Å²) in [7, 11) is 0. The molecule has 0 unspecified atom stereocenters. The molecule has 1 aromatic heterocycles. The van der Waals surface area contributed by atoms with Crippen molar-refractivity contribution in [3.05, 3.63) is 63.3 Å². The highest BCUT2D eigenvalue weighted by molar-refractivity contribution is 7.11. The highest BCUT2D eigenvalue weighted by atomic mass is 32.1. The first-order chi connectivity index (χ1) is 11.9. The maximum Gasteiger partial charge on any atom is 0.260 e. The number of benzene rings is 1. The topological polar surface area (TPSA) is 55.4 Å². The summed E-state index contributed by atoms with van der Waals surface area (Å²) in [5.41, 5.74) is 2.59. The minimum absolute atomic E-state index is 0.317. The number of amides is 1. The van der Waals surface area contributed by atoms with E-state index >= 15 is 0 Å². The number of ether oxygens (including phenoxy) is 1. The highest BCUT2D eigenvalue weighted by Gasteiger charge is 2.38. The van der Waals surface area contributed by atoms with Gasteiger partial charge in [0.05, 0.1) is 16.1 Å². The van der Waals surface area contributed by atoms with Crippen LogP contribution in [-0.4, -0.2) is 17.8 Å². The van der Waals surface area contributed by atoms with E-state index in [4.69, 9.17) is 4.74 Å². The summed E-state index contributed by atoms with van der Waals surface area (Å²) in [5.74, 6) is -0.279. The van der Waals surface area contributed by atoms with Crippen molar-refractivity contribution in [1.29, 1.82) is 0 Å². The van der Waals surface area contributed by atoms with Crippen molar-refractivity contribution in [2.45, 2.75) is 19.4 Å². The summed E-state index contributed by atoms with van der Waals surface area (Å²) in [6.45, 7) is 3.81. The van der Waals surface area contributed by atoms with Gasteiger partial charge in [0.1, 0.15) is 17.2 Å². The maximum absolute atomic E-state index is 13.4. The minimum atomic E-state index is -0.646. The molecule has 0 fully saturated rings. The van der Waals surface area contributed by atoms with E-state index < -0.39 is 11.4 Å². The molecule has 0 saturated heterocycles. The van der Waals surface area contributed by atoms with Gasteiger partial charge in [0.15, 0.2) is 6.29 Å². The molecule has 1 amide bonds. The van der Waals surface area contributed by atoms with Gasteiger partial charge in [-0.25, -0.2) is 4.39 Å². The molecule has 0 saturated carbocycles. The zero-order valence-corrected chi connectivity index (χ0v) is 14.4. The number of aldehydes is 1. The average Bonchev–Trinajstić information content (AvgIpc) is 3.21. The van der Waals surface area contributed by atoms with Gasteiger partial charge < -0.3 is 10.1 Å². The normalized spacial score (nSPS) is 20.8. The molecule has 0 radical (unpaired) electrons. The van der Waals surface area contributed by atoms with E-state index in [2.05, 4.69) is 5.32 Å². The van der Waals surface area contributed by atoms with E-state index in [1.54, 1.807) is 12.1 Å². The summed E-state index contributed by atoms with van der Waals surface area (Å²) in [6.07, 6.45) is 2.64. The number of halogens is 1. The average molecular weight is 355 g/mol. The van der Waals surface area contributed by atoms with Crippen molar-refractivity contribution >= 4 is 40.4 Å². The van der Waals surface area contributed by atoms with Crippen LogP contribution >= 0.6 is 11.3 Å². The molecule has 4 rings (SSSR count). The Kier molecular flexibility index (Phi) is 3.40. The van der Waals surface area contributed by atoms with Crippen LogP contribution in [0.1, 0.15) is 34.6 Å². The molecule has 4 nitrogen and oxygen atoms in total. The number of carbonyl (C=O) groups excluding carboxylic acids is 2. The van der Waals surface area contributed by atoms with Crippen LogP contribution < -0.4 is 5.32 Å². The van der Waals surface area contributed by atoms with Crippen LogP contribution in [0, 0.1) is 5.82 Å². The Hall–Kier alpha value is -2.73. The summed E-state index contributed by atoms with van der Waals surface area (Å²) in [4.78, 5) is 24.0. The molecule has 2 aliphatic heterocycles. The van der Waals surface area contributed by atoms with Crippen molar-refractivity contribution in [1.82, 2.24) is 0 Å². The lowest BCUT2D eigenvalue weighted by Gasteiger charge is -2.22. The lowest BCUT2D eigenvalue weighted by atomic mass is 9.94. The van der Waals surface area contributed by atoms with Gasteiger partial charge in [-0.15, -0.1) is 11.3 Å². The monoisotopic (exact) mass is 355 g/mol. The number of anilines is 1. The van der Waals surface area contributed by atoms with Gasteiger partial charge in [0, 0.05) is 11.1 Å². The second-order valence-corrected chi connectivity index (χ2v) is 7.35. The number of rotatable bonds is 2. The zero-order valence-electron chi connectivity index (χ0n) is 13.6. The van der Waals surface area contributed by atoms with Crippen molar-refractivity contribution in [3.63, 3.8) is 0 Å². The van der Waals surface area contributed by atoms with Crippen molar-refractivity contribution in [3.8, 4) is 0 Å². The van der Waals surface area contributed by atoms with Crippen molar-refractivity contribution in [2.24, 2.45) is 0 Å². The predicted octanol–water partition coefficient (Wildman–Crippen LogP) is 4.26. The molecule has 0 atom stereocenters. The molecule has 0 aliphatic carbocycles. The SMILES string of the molecule is CC1(C)OC(=C2C(=O)Nc3cc(F)ccc32)C=C1c1csc(C=O)c1. The number of fused-ring (bicyclic) bond motifs is 1. The van der Waals surface area contributed by atoms with Gasteiger partial charge in [-0.05, 0) is 55.1 Å². The van der Waals surface area contributed by atoms with Crippen LogP contribution in [0.3, 0.4) is 0 Å². The van der Waals surface area contributed by atoms with Gasteiger partial charge in [0.2, 0.25) is 0 Å². The fraction of sp³-hybridized carbons (Fsp3) is 0.158. The molecule has 126 valence electrons. The lowest BCUT2D eigenvalue weighted by molar-refractivity contribution is -0.111. The second kappa shape index (κ2) is 5.39. The van der Waals surface area contributed by atoms with Crippen LogP contribution in [-0.2, 0) is 9.53 Å². The Balaban J connectivity index is 1.86. The molecule has 2 aromatic rings. The first-order valence-corrected chi connectivity index (χ1v) is 8.58. The van der Waals surface area contributed by atoms with Crippen LogP contribution in [0.2, 0.25) is 0 Å². The fourth-order valence-corrected chi connectivity index (χ4v) is 3.87. The number of carbonyl (C=O) groups is 2. The van der Waals surface area contributed by atoms with Gasteiger partial charge in [-0.1, -0.05) is 0 Å². The molecular weight excluding hydrogens is 341 g/mol. The van der Waals surface area contributed by atoms with Gasteiger partial charge in [-0.3, -0.25) is 9.59 Å². The number of nitrogens with one attached hydrogen (secondary N) is 1. The number of thiophene rings is 1. The van der Waals surface area contributed by atoms with Crippen LogP contribution in [0.5, 0.6) is 0 Å². The second-order valence-electron chi connectivity index (χ2n) is 6.41. The smallest absolute Gasteiger partial charge is 0.260 e. The quantitative estimate of drug-likeness (QED) is 0.647. The van der Waals surface area contributed by atoms with E-state index in [1.807, 2.05) is 25.3 Å². The predicted molar refractivity (Wildman–Crippen MR) is 94.8 cm³/mol. The Morgan fingerprint density at radius 3 is 2.80 bits per heavy atom. The molecule has 1 aromatic carbocycles. The molecule has 1 N–H and O–H groups in total. The molecule has 0 spiro atoms. The number of hydrogen-bond donors (Lipinski definition) is 1. The maximum atomic E-state index is 13.4. The summed E-state index contributed by atoms with van der Waals surface area (Å²) < 4.78 is 19.4. The Bertz CT molecular complexity index is 984. The number of allylic oxidation sites excluding steroid dienone is 1. The summed E-state index contributed by atoms with van der Waals surface area (Å²) in [6, 6.07) is 5.99. The number of hydrogen-bond acceptors (Lipinski definition) is 4. The molecule has 0 bridgehead atoms.